The van der Waals surface area contributed by atoms with Crippen molar-refractivity contribution in [2.24, 2.45) is 7.05 Å². The van der Waals surface area contributed by atoms with E-state index in [1.165, 1.54) is 0 Å². The van der Waals surface area contributed by atoms with E-state index in [-0.39, 0.29) is 6.10 Å². The Balaban J connectivity index is 1.89. The molecule has 1 unspecified atom stereocenters. The third kappa shape index (κ3) is 3.69. The first-order valence-electron chi connectivity index (χ1n) is 6.78. The summed E-state index contributed by atoms with van der Waals surface area (Å²) >= 11 is 6.26. The van der Waals surface area contributed by atoms with Crippen LogP contribution in [-0.4, -0.2) is 63.5 Å². The molecule has 19 heavy (non-hydrogen) atoms. The molecule has 0 bridgehead atoms. The first-order chi connectivity index (χ1) is 8.97. The van der Waals surface area contributed by atoms with Gasteiger partial charge in [-0.15, -0.1) is 0 Å². The normalized spacial score (nSPS) is 19.8. The van der Waals surface area contributed by atoms with Crippen molar-refractivity contribution in [1.82, 2.24) is 19.6 Å². The Kier molecular flexibility index (Phi) is 4.84. The summed E-state index contributed by atoms with van der Waals surface area (Å²) in [7, 11) is 1.87. The minimum atomic E-state index is -0.249. The molecule has 1 aliphatic rings. The van der Waals surface area contributed by atoms with Gasteiger partial charge in [0.15, 0.2) is 0 Å². The van der Waals surface area contributed by atoms with Crippen molar-refractivity contribution in [2.45, 2.75) is 26.5 Å². The van der Waals surface area contributed by atoms with E-state index < -0.39 is 0 Å². The van der Waals surface area contributed by atoms with Crippen molar-refractivity contribution in [1.29, 1.82) is 0 Å². The number of hydrogen-bond donors (Lipinski definition) is 1. The second-order valence-electron chi connectivity index (χ2n) is 5.40. The Morgan fingerprint density at radius 3 is 2.32 bits per heavy atom. The van der Waals surface area contributed by atoms with E-state index in [0.29, 0.717) is 0 Å². The number of aromatic nitrogens is 2. The number of aryl methyl sites for hydroxylation is 2. The van der Waals surface area contributed by atoms with E-state index in [1.54, 1.807) is 4.68 Å². The first-order valence-corrected chi connectivity index (χ1v) is 7.16. The van der Waals surface area contributed by atoms with Gasteiger partial charge in [-0.05, 0) is 13.8 Å². The zero-order valence-electron chi connectivity index (χ0n) is 11.9. The maximum absolute atomic E-state index is 9.40. The summed E-state index contributed by atoms with van der Waals surface area (Å²) < 4.78 is 1.73. The fraction of sp³-hybridized carbons (Fsp3) is 0.769. The average molecular weight is 287 g/mol. The first kappa shape index (κ1) is 14.8. The summed E-state index contributed by atoms with van der Waals surface area (Å²) in [6.07, 6.45) is -0.249. The van der Waals surface area contributed by atoms with Crippen LogP contribution in [0.15, 0.2) is 0 Å². The molecule has 1 aromatic heterocycles. The number of nitrogens with zero attached hydrogens (tertiary/aromatic N) is 4. The van der Waals surface area contributed by atoms with Crippen molar-refractivity contribution < 1.29 is 5.11 Å². The summed E-state index contributed by atoms with van der Waals surface area (Å²) in [6.45, 7) is 9.50. The Hall–Kier alpha value is -0.620. The lowest BCUT2D eigenvalue weighted by Crippen LogP contribution is -2.47. The van der Waals surface area contributed by atoms with E-state index >= 15 is 0 Å². The maximum atomic E-state index is 9.40. The molecule has 1 N–H and O–H groups in total. The summed E-state index contributed by atoms with van der Waals surface area (Å²) in [5.41, 5.74) is 2.15. The molecular formula is C13H23ClN4O. The second kappa shape index (κ2) is 6.22. The van der Waals surface area contributed by atoms with Gasteiger partial charge in [0.05, 0.1) is 11.8 Å². The van der Waals surface area contributed by atoms with Crippen LogP contribution in [0.5, 0.6) is 0 Å². The van der Waals surface area contributed by atoms with Crippen LogP contribution >= 0.6 is 11.6 Å². The highest BCUT2D eigenvalue weighted by molar-refractivity contribution is 6.30. The van der Waals surface area contributed by atoms with Crippen LogP contribution in [0.3, 0.4) is 0 Å². The zero-order chi connectivity index (χ0) is 14.0. The Morgan fingerprint density at radius 2 is 1.84 bits per heavy atom. The van der Waals surface area contributed by atoms with Crippen molar-refractivity contribution in [2.75, 3.05) is 32.7 Å². The van der Waals surface area contributed by atoms with Gasteiger partial charge in [0.2, 0.25) is 0 Å². The highest BCUT2D eigenvalue weighted by Crippen LogP contribution is 2.21. The summed E-state index contributed by atoms with van der Waals surface area (Å²) in [6, 6.07) is 0. The van der Waals surface area contributed by atoms with Gasteiger partial charge in [-0.25, -0.2) is 0 Å². The van der Waals surface area contributed by atoms with Crippen LogP contribution in [0.25, 0.3) is 0 Å². The Morgan fingerprint density at radius 1 is 1.26 bits per heavy atom. The number of hydrogen-bond acceptors (Lipinski definition) is 4. The van der Waals surface area contributed by atoms with Crippen LogP contribution in [0.4, 0.5) is 0 Å². The van der Waals surface area contributed by atoms with Gasteiger partial charge in [-0.1, -0.05) is 11.6 Å². The SMILES string of the molecule is Cc1nn(C)c(Cl)c1CN1CCN(CC(C)O)CC1. The van der Waals surface area contributed by atoms with E-state index in [2.05, 4.69) is 14.9 Å². The standard InChI is InChI=1S/C13H23ClN4O/c1-10(19)8-17-4-6-18(7-5-17)9-12-11(2)15-16(3)13(12)14/h10,19H,4-9H2,1-3H3. The van der Waals surface area contributed by atoms with Crippen molar-refractivity contribution in [3.63, 3.8) is 0 Å². The van der Waals surface area contributed by atoms with Gasteiger partial charge in [0, 0.05) is 51.9 Å². The van der Waals surface area contributed by atoms with Crippen molar-refractivity contribution >= 4 is 11.6 Å². The van der Waals surface area contributed by atoms with E-state index in [4.69, 9.17) is 11.6 Å². The van der Waals surface area contributed by atoms with Crippen LogP contribution in [-0.2, 0) is 13.6 Å². The van der Waals surface area contributed by atoms with Gasteiger partial charge >= 0.3 is 0 Å². The Bertz CT molecular complexity index is 425. The van der Waals surface area contributed by atoms with Crippen LogP contribution in [0.1, 0.15) is 18.2 Å². The van der Waals surface area contributed by atoms with Gasteiger partial charge in [-0.2, -0.15) is 5.10 Å². The number of halogens is 1. The number of aliphatic hydroxyl groups is 1. The van der Waals surface area contributed by atoms with Gasteiger partial charge in [-0.3, -0.25) is 14.5 Å². The third-order valence-electron chi connectivity index (χ3n) is 3.64. The molecule has 0 saturated carbocycles. The van der Waals surface area contributed by atoms with Gasteiger partial charge in [0.25, 0.3) is 0 Å². The Labute approximate surface area is 119 Å². The average Bonchev–Trinajstić information content (AvgIpc) is 2.58. The molecule has 1 aromatic rings. The molecular weight excluding hydrogens is 264 g/mol. The summed E-state index contributed by atoms with van der Waals surface area (Å²) in [4.78, 5) is 4.70. The lowest BCUT2D eigenvalue weighted by Gasteiger charge is -2.35. The van der Waals surface area contributed by atoms with Crippen molar-refractivity contribution in [3.8, 4) is 0 Å². The topological polar surface area (TPSA) is 44.5 Å². The van der Waals surface area contributed by atoms with E-state index in [1.807, 2.05) is 20.9 Å². The van der Waals surface area contributed by atoms with Gasteiger partial charge < -0.3 is 5.11 Å². The van der Waals surface area contributed by atoms with Gasteiger partial charge in [0.1, 0.15) is 5.15 Å². The fourth-order valence-corrected chi connectivity index (χ4v) is 2.82. The van der Waals surface area contributed by atoms with Crippen molar-refractivity contribution in [3.05, 3.63) is 16.4 Å². The number of aliphatic hydroxyl groups excluding tert-OH is 1. The lowest BCUT2D eigenvalue weighted by atomic mass is 10.2. The molecule has 1 fully saturated rings. The highest BCUT2D eigenvalue weighted by Gasteiger charge is 2.20. The number of rotatable bonds is 4. The number of piperazine rings is 1. The molecule has 2 heterocycles. The predicted molar refractivity (Wildman–Crippen MR) is 76.4 cm³/mol. The van der Waals surface area contributed by atoms with Crippen LogP contribution < -0.4 is 0 Å². The molecule has 1 saturated heterocycles. The molecule has 0 amide bonds. The molecule has 5 nitrogen and oxygen atoms in total. The minimum absolute atomic E-state index is 0.249. The molecule has 1 atom stereocenters. The quantitative estimate of drug-likeness (QED) is 0.893. The smallest absolute Gasteiger partial charge is 0.131 e. The van der Waals surface area contributed by atoms with E-state index in [9.17, 15) is 5.11 Å². The largest absolute Gasteiger partial charge is 0.392 e. The maximum Gasteiger partial charge on any atom is 0.131 e. The molecule has 2 rings (SSSR count). The molecule has 108 valence electrons. The summed E-state index contributed by atoms with van der Waals surface area (Å²) in [5.74, 6) is 0. The molecule has 0 aromatic carbocycles. The molecule has 6 heteroatoms. The molecule has 0 radical (unpaired) electrons. The van der Waals surface area contributed by atoms with E-state index in [0.717, 1.165) is 55.7 Å². The second-order valence-corrected chi connectivity index (χ2v) is 5.76. The van der Waals surface area contributed by atoms with Crippen LogP contribution in [0, 0.1) is 6.92 Å². The lowest BCUT2D eigenvalue weighted by molar-refractivity contribution is 0.0780. The summed E-state index contributed by atoms with van der Waals surface area (Å²) in [5, 5.41) is 14.5. The molecule has 0 spiro atoms. The van der Waals surface area contributed by atoms with Crippen LogP contribution in [0.2, 0.25) is 5.15 Å². The monoisotopic (exact) mass is 286 g/mol. The fourth-order valence-electron chi connectivity index (χ4n) is 2.58. The highest BCUT2D eigenvalue weighted by atomic mass is 35.5. The minimum Gasteiger partial charge on any atom is -0.392 e. The molecule has 0 aliphatic carbocycles. The number of β-amino-alcohol motifs (C(OH)–C–C–N with tert-alkyl or cyclic N) is 1. The zero-order valence-corrected chi connectivity index (χ0v) is 12.7. The molecule has 1 aliphatic heterocycles. The third-order valence-corrected chi connectivity index (χ3v) is 4.11. The predicted octanol–water partition coefficient (Wildman–Crippen LogP) is 0.880.